The van der Waals surface area contributed by atoms with Crippen LogP contribution >= 0.6 is 15.9 Å². The first-order valence-electron chi connectivity index (χ1n) is 6.67. The molecule has 0 atom stereocenters. The zero-order valence-corrected chi connectivity index (χ0v) is 13.1. The lowest BCUT2D eigenvalue weighted by molar-refractivity contribution is 0.222. The summed E-state index contributed by atoms with van der Waals surface area (Å²) >= 11 is 3.52. The summed E-state index contributed by atoms with van der Waals surface area (Å²) in [5.41, 5.74) is 8.62. The van der Waals surface area contributed by atoms with Crippen LogP contribution in [0.5, 0.6) is 0 Å². The fourth-order valence-electron chi connectivity index (χ4n) is 2.79. The van der Waals surface area contributed by atoms with Crippen molar-refractivity contribution in [2.45, 2.75) is 45.6 Å². The second kappa shape index (κ2) is 5.12. The molecule has 1 aliphatic rings. The Balaban J connectivity index is 2.12. The summed E-state index contributed by atoms with van der Waals surface area (Å²) in [6.07, 6.45) is 5.12. The van der Waals surface area contributed by atoms with Gasteiger partial charge in [0.1, 0.15) is 0 Å². The first kappa shape index (κ1) is 13.7. The highest BCUT2D eigenvalue weighted by Crippen LogP contribution is 2.39. The third-order valence-corrected chi connectivity index (χ3v) is 4.72. The normalized spacial score (nSPS) is 19.8. The summed E-state index contributed by atoms with van der Waals surface area (Å²) in [5, 5.41) is 0. The van der Waals surface area contributed by atoms with E-state index in [2.05, 4.69) is 47.8 Å². The molecule has 0 radical (unpaired) electrons. The monoisotopic (exact) mass is 310 g/mol. The molecule has 0 saturated heterocycles. The largest absolute Gasteiger partial charge is 0.397 e. The van der Waals surface area contributed by atoms with Crippen molar-refractivity contribution in [3.8, 4) is 0 Å². The summed E-state index contributed by atoms with van der Waals surface area (Å²) in [5.74, 6) is 0. The fraction of sp³-hybridized carbons (Fsp3) is 0.600. The molecule has 0 bridgehead atoms. The number of rotatable bonds is 2. The summed E-state index contributed by atoms with van der Waals surface area (Å²) in [6, 6.07) is 6.71. The molecule has 2 N–H and O–H groups in total. The number of anilines is 2. The molecule has 0 unspecified atom stereocenters. The lowest BCUT2D eigenvalue weighted by Gasteiger charge is -2.40. The van der Waals surface area contributed by atoms with Crippen LogP contribution in [0.2, 0.25) is 0 Å². The highest BCUT2D eigenvalue weighted by atomic mass is 79.9. The van der Waals surface area contributed by atoms with Gasteiger partial charge in [0.2, 0.25) is 0 Å². The SMILES string of the molecule is CN(c1cc(Br)ccc1N)C1CCC(C)(C)CC1. The Kier molecular flexibility index (Phi) is 3.90. The van der Waals surface area contributed by atoms with Crippen LogP contribution in [0, 0.1) is 5.41 Å². The Morgan fingerprint density at radius 2 is 1.89 bits per heavy atom. The number of benzene rings is 1. The number of hydrogen-bond acceptors (Lipinski definition) is 2. The van der Waals surface area contributed by atoms with Crippen molar-refractivity contribution >= 4 is 27.3 Å². The van der Waals surface area contributed by atoms with Crippen molar-refractivity contribution in [2.24, 2.45) is 5.41 Å². The Morgan fingerprint density at radius 1 is 1.28 bits per heavy atom. The fourth-order valence-corrected chi connectivity index (χ4v) is 3.14. The first-order chi connectivity index (χ1) is 8.39. The van der Waals surface area contributed by atoms with Crippen LogP contribution in [0.3, 0.4) is 0 Å². The topological polar surface area (TPSA) is 29.3 Å². The number of nitrogens with zero attached hydrogens (tertiary/aromatic N) is 1. The minimum atomic E-state index is 0.514. The molecule has 0 spiro atoms. The van der Waals surface area contributed by atoms with Crippen molar-refractivity contribution < 1.29 is 0 Å². The van der Waals surface area contributed by atoms with E-state index in [1.165, 1.54) is 25.7 Å². The van der Waals surface area contributed by atoms with Crippen molar-refractivity contribution in [3.05, 3.63) is 22.7 Å². The maximum absolute atomic E-state index is 6.09. The third kappa shape index (κ3) is 3.00. The zero-order valence-electron chi connectivity index (χ0n) is 11.5. The van der Waals surface area contributed by atoms with Crippen LogP contribution in [0.25, 0.3) is 0 Å². The van der Waals surface area contributed by atoms with E-state index in [0.717, 1.165) is 15.8 Å². The zero-order chi connectivity index (χ0) is 13.3. The molecule has 1 aromatic rings. The lowest BCUT2D eigenvalue weighted by Crippen LogP contribution is -2.37. The Morgan fingerprint density at radius 3 is 2.50 bits per heavy atom. The molecule has 18 heavy (non-hydrogen) atoms. The molecular weight excluding hydrogens is 288 g/mol. The molecule has 3 heteroatoms. The quantitative estimate of drug-likeness (QED) is 0.818. The molecular formula is C15H23BrN2. The molecule has 0 heterocycles. The summed E-state index contributed by atoms with van der Waals surface area (Å²) < 4.78 is 1.09. The molecule has 2 nitrogen and oxygen atoms in total. The van der Waals surface area contributed by atoms with Crippen LogP contribution in [-0.4, -0.2) is 13.1 Å². The van der Waals surface area contributed by atoms with Gasteiger partial charge in [0, 0.05) is 17.6 Å². The van der Waals surface area contributed by atoms with E-state index in [9.17, 15) is 0 Å². The molecule has 0 amide bonds. The average Bonchev–Trinajstić information content (AvgIpc) is 2.31. The van der Waals surface area contributed by atoms with Crippen LogP contribution in [0.4, 0.5) is 11.4 Å². The molecule has 1 saturated carbocycles. The van der Waals surface area contributed by atoms with Gasteiger partial charge in [-0.25, -0.2) is 0 Å². The number of halogens is 1. The second-order valence-corrected chi connectivity index (χ2v) is 7.13. The smallest absolute Gasteiger partial charge is 0.0611 e. The highest BCUT2D eigenvalue weighted by Gasteiger charge is 2.29. The van der Waals surface area contributed by atoms with Gasteiger partial charge in [-0.1, -0.05) is 29.8 Å². The summed E-state index contributed by atoms with van der Waals surface area (Å²) in [7, 11) is 2.17. The molecule has 2 rings (SSSR count). The van der Waals surface area contributed by atoms with Gasteiger partial charge in [0.15, 0.2) is 0 Å². The van der Waals surface area contributed by atoms with Gasteiger partial charge in [0.05, 0.1) is 11.4 Å². The molecule has 1 aromatic carbocycles. The second-order valence-electron chi connectivity index (χ2n) is 6.21. The van der Waals surface area contributed by atoms with Gasteiger partial charge in [-0.3, -0.25) is 0 Å². The van der Waals surface area contributed by atoms with Crippen molar-refractivity contribution in [2.75, 3.05) is 17.7 Å². The Bertz CT molecular complexity index is 419. The highest BCUT2D eigenvalue weighted by molar-refractivity contribution is 9.10. The summed E-state index contributed by atoms with van der Waals surface area (Å²) in [4.78, 5) is 2.36. The number of hydrogen-bond donors (Lipinski definition) is 1. The van der Waals surface area contributed by atoms with Gasteiger partial charge < -0.3 is 10.6 Å². The van der Waals surface area contributed by atoms with Gasteiger partial charge >= 0.3 is 0 Å². The van der Waals surface area contributed by atoms with Crippen molar-refractivity contribution in [1.29, 1.82) is 0 Å². The number of nitrogens with two attached hydrogens (primary N) is 1. The first-order valence-corrected chi connectivity index (χ1v) is 7.46. The summed E-state index contributed by atoms with van der Waals surface area (Å²) in [6.45, 7) is 4.74. The Hall–Kier alpha value is -0.700. The maximum atomic E-state index is 6.09. The van der Waals surface area contributed by atoms with E-state index in [0.29, 0.717) is 11.5 Å². The van der Waals surface area contributed by atoms with Crippen LogP contribution in [0.1, 0.15) is 39.5 Å². The standard InChI is InChI=1S/C15H23BrN2/c1-15(2)8-6-12(7-9-15)18(3)14-10-11(16)4-5-13(14)17/h4-5,10,12H,6-9,17H2,1-3H3. The molecule has 100 valence electrons. The minimum absolute atomic E-state index is 0.514. The average molecular weight is 311 g/mol. The maximum Gasteiger partial charge on any atom is 0.0611 e. The van der Waals surface area contributed by atoms with E-state index in [-0.39, 0.29) is 0 Å². The van der Waals surface area contributed by atoms with Crippen LogP contribution in [0.15, 0.2) is 22.7 Å². The lowest BCUT2D eigenvalue weighted by atomic mass is 9.75. The van der Waals surface area contributed by atoms with E-state index in [1.54, 1.807) is 0 Å². The van der Waals surface area contributed by atoms with Crippen LogP contribution < -0.4 is 10.6 Å². The van der Waals surface area contributed by atoms with Gasteiger partial charge in [-0.15, -0.1) is 0 Å². The van der Waals surface area contributed by atoms with Gasteiger partial charge in [-0.05, 0) is 49.3 Å². The van der Waals surface area contributed by atoms with E-state index < -0.39 is 0 Å². The van der Waals surface area contributed by atoms with E-state index in [4.69, 9.17) is 5.73 Å². The predicted octanol–water partition coefficient (Wildman–Crippen LogP) is 4.44. The van der Waals surface area contributed by atoms with E-state index >= 15 is 0 Å². The Labute approximate surface area is 119 Å². The van der Waals surface area contributed by atoms with Crippen LogP contribution in [-0.2, 0) is 0 Å². The predicted molar refractivity (Wildman–Crippen MR) is 83.0 cm³/mol. The van der Waals surface area contributed by atoms with Crippen molar-refractivity contribution in [1.82, 2.24) is 0 Å². The molecule has 0 aromatic heterocycles. The van der Waals surface area contributed by atoms with Gasteiger partial charge in [0.25, 0.3) is 0 Å². The van der Waals surface area contributed by atoms with E-state index in [1.807, 2.05) is 12.1 Å². The molecule has 1 fully saturated rings. The third-order valence-electron chi connectivity index (χ3n) is 4.23. The minimum Gasteiger partial charge on any atom is -0.397 e. The van der Waals surface area contributed by atoms with Crippen molar-refractivity contribution in [3.63, 3.8) is 0 Å². The molecule has 1 aliphatic carbocycles. The molecule has 0 aliphatic heterocycles. The number of nitrogen functional groups attached to an aromatic ring is 1. The van der Waals surface area contributed by atoms with Gasteiger partial charge in [-0.2, -0.15) is 0 Å².